The molecule has 1 aromatic carbocycles. The molecule has 0 aliphatic rings. The maximum Gasteiger partial charge on any atom is 0.133 e. The van der Waals surface area contributed by atoms with Crippen LogP contribution in [0.15, 0.2) is 18.3 Å². The SMILES string of the molecule is Cc1cc(F)c(-c2cnc(CCC(C)N)[nH]2)cc1F. The van der Waals surface area contributed by atoms with Crippen molar-refractivity contribution in [1.82, 2.24) is 9.97 Å². The highest BCUT2D eigenvalue weighted by Gasteiger charge is 2.12. The predicted octanol–water partition coefficient (Wildman–Crippen LogP) is 2.94. The molecule has 1 unspecified atom stereocenters. The summed E-state index contributed by atoms with van der Waals surface area (Å²) in [6.07, 6.45) is 3.00. The molecule has 0 fully saturated rings. The van der Waals surface area contributed by atoms with Crippen molar-refractivity contribution in [2.45, 2.75) is 32.7 Å². The minimum absolute atomic E-state index is 0.0853. The van der Waals surface area contributed by atoms with E-state index in [1.54, 1.807) is 0 Å². The summed E-state index contributed by atoms with van der Waals surface area (Å²) in [6.45, 7) is 3.45. The van der Waals surface area contributed by atoms with Crippen molar-refractivity contribution < 1.29 is 8.78 Å². The van der Waals surface area contributed by atoms with Crippen LogP contribution in [0.25, 0.3) is 11.3 Å². The topological polar surface area (TPSA) is 54.7 Å². The number of nitrogens with zero attached hydrogens (tertiary/aromatic N) is 1. The van der Waals surface area contributed by atoms with Crippen LogP contribution in [-0.2, 0) is 6.42 Å². The van der Waals surface area contributed by atoms with Crippen LogP contribution in [0.3, 0.4) is 0 Å². The fourth-order valence-electron chi connectivity index (χ4n) is 1.84. The van der Waals surface area contributed by atoms with Gasteiger partial charge in [0.1, 0.15) is 17.5 Å². The predicted molar refractivity (Wildman–Crippen MR) is 70.6 cm³/mol. The average Bonchev–Trinajstić information content (AvgIpc) is 2.80. The summed E-state index contributed by atoms with van der Waals surface area (Å²) in [5, 5.41) is 0. The molecule has 2 rings (SSSR count). The first-order chi connectivity index (χ1) is 8.97. The zero-order valence-electron chi connectivity index (χ0n) is 11.0. The first-order valence-electron chi connectivity index (χ1n) is 6.23. The van der Waals surface area contributed by atoms with Gasteiger partial charge in [0.2, 0.25) is 0 Å². The third-order valence-electron chi connectivity index (χ3n) is 3.00. The molecular formula is C14H17F2N3. The minimum atomic E-state index is -0.457. The number of aromatic nitrogens is 2. The van der Waals surface area contributed by atoms with Crippen LogP contribution in [0.2, 0.25) is 0 Å². The molecule has 1 heterocycles. The van der Waals surface area contributed by atoms with Gasteiger partial charge in [-0.3, -0.25) is 0 Å². The number of rotatable bonds is 4. The number of H-pyrrole nitrogens is 1. The molecule has 0 aliphatic carbocycles. The van der Waals surface area contributed by atoms with Gasteiger partial charge >= 0.3 is 0 Å². The zero-order chi connectivity index (χ0) is 14.0. The Morgan fingerprint density at radius 1 is 1.32 bits per heavy atom. The van der Waals surface area contributed by atoms with Crippen LogP contribution in [0.5, 0.6) is 0 Å². The Kier molecular flexibility index (Phi) is 3.95. The molecule has 0 spiro atoms. The monoisotopic (exact) mass is 265 g/mol. The van der Waals surface area contributed by atoms with Gasteiger partial charge in [-0.25, -0.2) is 13.8 Å². The van der Waals surface area contributed by atoms with E-state index in [1.165, 1.54) is 25.3 Å². The Morgan fingerprint density at radius 2 is 2.05 bits per heavy atom. The standard InChI is InChI=1S/C14H17F2N3/c1-8-5-12(16)10(6-11(8)15)13-7-18-14(19-13)4-3-9(2)17/h5-7,9H,3-4,17H2,1-2H3,(H,18,19). The number of aromatic amines is 1. The van der Waals surface area contributed by atoms with Crippen molar-refractivity contribution in [3.8, 4) is 11.3 Å². The normalized spacial score (nSPS) is 12.7. The largest absolute Gasteiger partial charge is 0.342 e. The molecule has 102 valence electrons. The number of nitrogens with two attached hydrogens (primary N) is 1. The highest BCUT2D eigenvalue weighted by Crippen LogP contribution is 2.24. The lowest BCUT2D eigenvalue weighted by atomic mass is 10.1. The Bertz CT molecular complexity index is 576. The van der Waals surface area contributed by atoms with Crippen molar-refractivity contribution in [3.05, 3.63) is 41.4 Å². The number of hydrogen-bond donors (Lipinski definition) is 2. The molecule has 3 N–H and O–H groups in total. The number of benzene rings is 1. The van der Waals surface area contributed by atoms with E-state index < -0.39 is 11.6 Å². The van der Waals surface area contributed by atoms with Gasteiger partial charge in [0, 0.05) is 18.0 Å². The maximum atomic E-state index is 13.8. The van der Waals surface area contributed by atoms with Gasteiger partial charge < -0.3 is 10.7 Å². The summed E-state index contributed by atoms with van der Waals surface area (Å²) in [5.74, 6) is -0.155. The van der Waals surface area contributed by atoms with Crippen molar-refractivity contribution in [1.29, 1.82) is 0 Å². The van der Waals surface area contributed by atoms with E-state index in [9.17, 15) is 8.78 Å². The molecule has 1 atom stereocenters. The Balaban J connectivity index is 2.25. The lowest BCUT2D eigenvalue weighted by Crippen LogP contribution is -2.15. The third kappa shape index (κ3) is 3.17. The first-order valence-corrected chi connectivity index (χ1v) is 6.23. The molecule has 0 bridgehead atoms. The Hall–Kier alpha value is -1.75. The summed E-state index contributed by atoms with van der Waals surface area (Å²) in [4.78, 5) is 7.16. The Labute approximate surface area is 110 Å². The zero-order valence-corrected chi connectivity index (χ0v) is 11.0. The van der Waals surface area contributed by atoms with Crippen molar-refractivity contribution in [2.75, 3.05) is 0 Å². The molecule has 0 saturated heterocycles. The number of halogens is 2. The van der Waals surface area contributed by atoms with Crippen LogP contribution < -0.4 is 5.73 Å². The van der Waals surface area contributed by atoms with Crippen LogP contribution in [0.1, 0.15) is 24.7 Å². The molecule has 0 amide bonds. The second kappa shape index (κ2) is 5.48. The van der Waals surface area contributed by atoms with Crippen molar-refractivity contribution in [2.24, 2.45) is 5.73 Å². The molecule has 0 saturated carbocycles. The maximum absolute atomic E-state index is 13.8. The van der Waals surface area contributed by atoms with Gasteiger partial charge in [-0.15, -0.1) is 0 Å². The quantitative estimate of drug-likeness (QED) is 0.893. The van der Waals surface area contributed by atoms with E-state index in [0.29, 0.717) is 12.1 Å². The lowest BCUT2D eigenvalue weighted by molar-refractivity contribution is 0.594. The smallest absolute Gasteiger partial charge is 0.133 e. The third-order valence-corrected chi connectivity index (χ3v) is 3.00. The Morgan fingerprint density at radius 3 is 2.74 bits per heavy atom. The fraction of sp³-hybridized carbons (Fsp3) is 0.357. The summed E-state index contributed by atoms with van der Waals surface area (Å²) in [7, 11) is 0. The van der Waals surface area contributed by atoms with Gasteiger partial charge in [-0.05, 0) is 38.0 Å². The molecule has 2 aromatic rings. The lowest BCUT2D eigenvalue weighted by Gasteiger charge is -2.04. The van der Waals surface area contributed by atoms with E-state index in [4.69, 9.17) is 5.73 Å². The van der Waals surface area contributed by atoms with E-state index in [-0.39, 0.29) is 17.2 Å². The second-order valence-electron chi connectivity index (χ2n) is 4.84. The summed E-state index contributed by atoms with van der Waals surface area (Å²) >= 11 is 0. The number of nitrogens with one attached hydrogen (secondary N) is 1. The van der Waals surface area contributed by atoms with Gasteiger partial charge in [0.25, 0.3) is 0 Å². The first kappa shape index (κ1) is 13.7. The summed E-state index contributed by atoms with van der Waals surface area (Å²) in [5.41, 5.74) is 6.64. The molecule has 5 heteroatoms. The molecule has 19 heavy (non-hydrogen) atoms. The molecule has 0 aliphatic heterocycles. The van der Waals surface area contributed by atoms with Crippen molar-refractivity contribution >= 4 is 0 Å². The molecule has 3 nitrogen and oxygen atoms in total. The second-order valence-corrected chi connectivity index (χ2v) is 4.84. The van der Waals surface area contributed by atoms with Crippen LogP contribution >= 0.6 is 0 Å². The van der Waals surface area contributed by atoms with E-state index >= 15 is 0 Å². The van der Waals surface area contributed by atoms with E-state index in [0.717, 1.165) is 12.2 Å². The molecule has 1 aromatic heterocycles. The van der Waals surface area contributed by atoms with Gasteiger partial charge in [-0.2, -0.15) is 0 Å². The number of imidazole rings is 1. The average molecular weight is 265 g/mol. The summed E-state index contributed by atoms with van der Waals surface area (Å²) in [6, 6.07) is 2.46. The van der Waals surface area contributed by atoms with Crippen LogP contribution in [0.4, 0.5) is 8.78 Å². The van der Waals surface area contributed by atoms with Gasteiger partial charge in [-0.1, -0.05) is 0 Å². The highest BCUT2D eigenvalue weighted by molar-refractivity contribution is 5.60. The van der Waals surface area contributed by atoms with Crippen LogP contribution in [0, 0.1) is 18.6 Å². The van der Waals surface area contributed by atoms with Crippen molar-refractivity contribution in [3.63, 3.8) is 0 Å². The summed E-state index contributed by atoms with van der Waals surface area (Å²) < 4.78 is 27.3. The highest BCUT2D eigenvalue weighted by atomic mass is 19.1. The van der Waals surface area contributed by atoms with E-state index in [1.807, 2.05) is 6.92 Å². The fourth-order valence-corrected chi connectivity index (χ4v) is 1.84. The minimum Gasteiger partial charge on any atom is -0.342 e. The molecule has 0 radical (unpaired) electrons. The molecular weight excluding hydrogens is 248 g/mol. The van der Waals surface area contributed by atoms with Gasteiger partial charge in [0.05, 0.1) is 11.9 Å². The number of hydrogen-bond acceptors (Lipinski definition) is 2. The van der Waals surface area contributed by atoms with E-state index in [2.05, 4.69) is 9.97 Å². The van der Waals surface area contributed by atoms with Crippen LogP contribution in [-0.4, -0.2) is 16.0 Å². The van der Waals surface area contributed by atoms with Gasteiger partial charge in [0.15, 0.2) is 0 Å². The number of aryl methyl sites for hydroxylation is 2.